The number of nitrogens with zero attached hydrogens (tertiary/aromatic N) is 2. The summed E-state index contributed by atoms with van der Waals surface area (Å²) in [6.07, 6.45) is -0.712. The van der Waals surface area contributed by atoms with E-state index < -0.39 is 6.35 Å². The van der Waals surface area contributed by atoms with Gasteiger partial charge in [0.2, 0.25) is 0 Å². The summed E-state index contributed by atoms with van der Waals surface area (Å²) < 4.78 is 11.3. The summed E-state index contributed by atoms with van der Waals surface area (Å²) in [5.74, 6) is 1.37. The van der Waals surface area contributed by atoms with Gasteiger partial charge < -0.3 is 9.47 Å². The molecule has 8 heteroatoms. The van der Waals surface area contributed by atoms with Crippen molar-refractivity contribution in [2.45, 2.75) is 34.0 Å². The van der Waals surface area contributed by atoms with Crippen molar-refractivity contribution >= 4 is 23.1 Å². The Bertz CT molecular complexity index is 814. The summed E-state index contributed by atoms with van der Waals surface area (Å²) in [6, 6.07) is 7.01. The molecule has 1 aromatic carbocycles. The molecule has 1 aliphatic rings. The first-order valence-electron chi connectivity index (χ1n) is 8.40. The van der Waals surface area contributed by atoms with E-state index in [1.54, 1.807) is 24.3 Å². The van der Waals surface area contributed by atoms with E-state index in [0.29, 0.717) is 24.0 Å². The lowest BCUT2D eigenvalue weighted by atomic mass is 10.2. The SMILES string of the molecule is Cc1nc(C)c(C2=NN[C@H](NC(=O)c3ccc(OCC(C)C)cc3)O2)s1. The van der Waals surface area contributed by atoms with Gasteiger partial charge in [0.05, 0.1) is 17.3 Å². The number of amides is 1. The number of benzene rings is 1. The minimum absolute atomic E-state index is 0.258. The van der Waals surface area contributed by atoms with Crippen molar-refractivity contribution < 1.29 is 14.3 Å². The largest absolute Gasteiger partial charge is 0.493 e. The van der Waals surface area contributed by atoms with Crippen LogP contribution < -0.4 is 15.5 Å². The van der Waals surface area contributed by atoms with Crippen LogP contribution in [0.1, 0.15) is 39.8 Å². The number of aromatic nitrogens is 1. The van der Waals surface area contributed by atoms with Crippen LogP contribution in [0.3, 0.4) is 0 Å². The molecule has 0 saturated carbocycles. The zero-order valence-electron chi connectivity index (χ0n) is 15.2. The molecule has 2 N–H and O–H groups in total. The molecule has 0 fully saturated rings. The minimum atomic E-state index is -0.712. The Hall–Kier alpha value is -2.61. The minimum Gasteiger partial charge on any atom is -0.493 e. The number of aryl methyl sites for hydroxylation is 2. The molecule has 138 valence electrons. The fourth-order valence-electron chi connectivity index (χ4n) is 2.35. The standard InChI is InChI=1S/C18H22N4O3S/c1-10(2)9-24-14-7-5-13(6-8-14)16(23)20-18-22-21-17(25-18)15-11(3)19-12(4)26-15/h5-8,10,18,22H,9H2,1-4H3,(H,20,23)/t18-/m0/s1. The quantitative estimate of drug-likeness (QED) is 0.812. The van der Waals surface area contributed by atoms with Gasteiger partial charge in [-0.25, -0.2) is 4.98 Å². The fraction of sp³-hybridized carbons (Fsp3) is 0.389. The lowest BCUT2D eigenvalue weighted by molar-refractivity contribution is 0.0801. The predicted molar refractivity (Wildman–Crippen MR) is 100 cm³/mol. The number of carbonyl (C=O) groups is 1. The first kappa shape index (κ1) is 18.2. The molecule has 0 aliphatic carbocycles. The van der Waals surface area contributed by atoms with Gasteiger partial charge in [-0.1, -0.05) is 13.8 Å². The maximum absolute atomic E-state index is 12.4. The maximum Gasteiger partial charge on any atom is 0.267 e. The molecule has 1 aliphatic heterocycles. The summed E-state index contributed by atoms with van der Waals surface area (Å²) in [7, 11) is 0. The number of hydrogen-bond acceptors (Lipinski definition) is 7. The van der Waals surface area contributed by atoms with Crippen LogP contribution in [0, 0.1) is 19.8 Å². The summed E-state index contributed by atoms with van der Waals surface area (Å²) in [4.78, 5) is 17.6. The van der Waals surface area contributed by atoms with Gasteiger partial charge in [-0.15, -0.1) is 16.4 Å². The number of hydrazone groups is 1. The molecule has 1 aromatic heterocycles. The Morgan fingerprint density at radius 1 is 1.35 bits per heavy atom. The van der Waals surface area contributed by atoms with Gasteiger partial charge in [0.1, 0.15) is 10.6 Å². The van der Waals surface area contributed by atoms with E-state index in [0.717, 1.165) is 21.3 Å². The van der Waals surface area contributed by atoms with E-state index in [1.165, 1.54) is 11.3 Å². The highest BCUT2D eigenvalue weighted by atomic mass is 32.1. The van der Waals surface area contributed by atoms with Gasteiger partial charge in [0.15, 0.2) is 0 Å². The van der Waals surface area contributed by atoms with Crippen molar-refractivity contribution in [2.75, 3.05) is 6.61 Å². The second-order valence-corrected chi connectivity index (χ2v) is 7.60. The van der Waals surface area contributed by atoms with Crippen LogP contribution in [0.15, 0.2) is 29.4 Å². The zero-order valence-corrected chi connectivity index (χ0v) is 16.0. The summed E-state index contributed by atoms with van der Waals surface area (Å²) in [5.41, 5.74) is 4.15. The molecule has 0 radical (unpaired) electrons. The van der Waals surface area contributed by atoms with E-state index in [4.69, 9.17) is 9.47 Å². The average Bonchev–Trinajstić information content (AvgIpc) is 3.19. The van der Waals surface area contributed by atoms with E-state index in [9.17, 15) is 4.79 Å². The van der Waals surface area contributed by atoms with Gasteiger partial charge in [-0.2, -0.15) is 0 Å². The van der Waals surface area contributed by atoms with Crippen LogP contribution >= 0.6 is 11.3 Å². The molecule has 26 heavy (non-hydrogen) atoms. The second-order valence-electron chi connectivity index (χ2n) is 6.39. The Morgan fingerprint density at radius 3 is 2.69 bits per heavy atom. The Kier molecular flexibility index (Phi) is 5.41. The highest BCUT2D eigenvalue weighted by molar-refractivity contribution is 7.13. The number of hydrogen-bond donors (Lipinski definition) is 2. The van der Waals surface area contributed by atoms with Gasteiger partial charge in [0.25, 0.3) is 18.2 Å². The van der Waals surface area contributed by atoms with Crippen molar-refractivity contribution in [1.29, 1.82) is 0 Å². The van der Waals surface area contributed by atoms with Crippen LogP contribution in [-0.2, 0) is 4.74 Å². The summed E-state index contributed by atoms with van der Waals surface area (Å²) >= 11 is 1.50. The van der Waals surface area contributed by atoms with Gasteiger partial charge in [-0.05, 0) is 44.0 Å². The number of ether oxygens (including phenoxy) is 2. The van der Waals surface area contributed by atoms with E-state index in [1.807, 2.05) is 13.8 Å². The number of thiazole rings is 1. The average molecular weight is 374 g/mol. The van der Waals surface area contributed by atoms with Crippen LogP contribution in [0.5, 0.6) is 5.75 Å². The number of nitrogens with one attached hydrogen (secondary N) is 2. The third kappa shape index (κ3) is 4.32. The van der Waals surface area contributed by atoms with Crippen LogP contribution in [0.2, 0.25) is 0 Å². The van der Waals surface area contributed by atoms with Crippen molar-refractivity contribution in [3.63, 3.8) is 0 Å². The smallest absolute Gasteiger partial charge is 0.267 e. The Labute approximate surface area is 156 Å². The third-order valence-electron chi connectivity index (χ3n) is 3.57. The third-order valence-corrected chi connectivity index (χ3v) is 4.63. The molecule has 3 rings (SSSR count). The van der Waals surface area contributed by atoms with Crippen molar-refractivity contribution in [2.24, 2.45) is 11.0 Å². The normalized spacial score (nSPS) is 16.0. The molecule has 0 unspecified atom stereocenters. The van der Waals surface area contributed by atoms with Crippen LogP contribution in [0.25, 0.3) is 0 Å². The summed E-state index contributed by atoms with van der Waals surface area (Å²) in [5, 5.41) is 7.83. The van der Waals surface area contributed by atoms with Crippen molar-refractivity contribution in [3.8, 4) is 5.75 Å². The van der Waals surface area contributed by atoms with Crippen LogP contribution in [-0.4, -0.2) is 29.7 Å². The Balaban J connectivity index is 1.55. The van der Waals surface area contributed by atoms with Gasteiger partial charge in [0, 0.05) is 5.56 Å². The lowest BCUT2D eigenvalue weighted by Crippen LogP contribution is -2.42. The molecule has 1 amide bonds. The number of carbonyl (C=O) groups excluding carboxylic acids is 1. The first-order valence-corrected chi connectivity index (χ1v) is 9.22. The van der Waals surface area contributed by atoms with Gasteiger partial charge in [-0.3, -0.25) is 15.5 Å². The number of rotatable bonds is 6. The molecule has 7 nitrogen and oxygen atoms in total. The van der Waals surface area contributed by atoms with Crippen molar-refractivity contribution in [1.82, 2.24) is 15.7 Å². The molecule has 1 atom stereocenters. The van der Waals surface area contributed by atoms with E-state index >= 15 is 0 Å². The summed E-state index contributed by atoms with van der Waals surface area (Å²) in [6.45, 7) is 8.64. The molecule has 2 aromatic rings. The lowest BCUT2D eigenvalue weighted by Gasteiger charge is -2.13. The molecule has 0 saturated heterocycles. The predicted octanol–water partition coefficient (Wildman–Crippen LogP) is 2.79. The molecule has 0 spiro atoms. The molecular weight excluding hydrogens is 352 g/mol. The highest BCUT2D eigenvalue weighted by Crippen LogP contribution is 2.20. The van der Waals surface area contributed by atoms with Crippen molar-refractivity contribution in [3.05, 3.63) is 45.4 Å². The first-order chi connectivity index (χ1) is 12.4. The highest BCUT2D eigenvalue weighted by Gasteiger charge is 2.25. The van der Waals surface area contributed by atoms with E-state index in [2.05, 4.69) is 34.7 Å². The fourth-order valence-corrected chi connectivity index (χ4v) is 3.20. The topological polar surface area (TPSA) is 84.8 Å². The van der Waals surface area contributed by atoms with Crippen LogP contribution in [0.4, 0.5) is 0 Å². The molecule has 0 bridgehead atoms. The molecule has 2 heterocycles. The zero-order chi connectivity index (χ0) is 18.7. The monoisotopic (exact) mass is 374 g/mol. The van der Waals surface area contributed by atoms with E-state index in [-0.39, 0.29) is 5.91 Å². The molecular formula is C18H22N4O3S. The Morgan fingerprint density at radius 2 is 2.08 bits per heavy atom. The van der Waals surface area contributed by atoms with Gasteiger partial charge >= 0.3 is 0 Å². The second kappa shape index (κ2) is 7.74. The maximum atomic E-state index is 12.4.